The molecule has 0 spiro atoms. The summed E-state index contributed by atoms with van der Waals surface area (Å²) < 4.78 is 1.58. The van der Waals surface area contributed by atoms with Crippen molar-refractivity contribution < 1.29 is 0 Å². The van der Waals surface area contributed by atoms with Gasteiger partial charge < -0.3 is 0 Å². The average molecular weight is 220 g/mol. The maximum atomic E-state index is 11.7. The summed E-state index contributed by atoms with van der Waals surface area (Å²) in [5, 5.41) is 0. The van der Waals surface area contributed by atoms with Gasteiger partial charge in [-0.1, -0.05) is 6.07 Å². The van der Waals surface area contributed by atoms with Gasteiger partial charge in [0.2, 0.25) is 0 Å². The summed E-state index contributed by atoms with van der Waals surface area (Å²) >= 11 is 1.67. The first-order valence-electron chi connectivity index (χ1n) is 4.69. The number of rotatable bonds is 2. The molecular formula is C11H12N2OS. The van der Waals surface area contributed by atoms with Crippen LogP contribution in [0.25, 0.3) is 5.65 Å². The smallest absolute Gasteiger partial charge is 0.258 e. The van der Waals surface area contributed by atoms with Gasteiger partial charge in [0.25, 0.3) is 5.56 Å². The van der Waals surface area contributed by atoms with E-state index in [-0.39, 0.29) is 5.56 Å². The highest BCUT2D eigenvalue weighted by molar-refractivity contribution is 7.97. The first kappa shape index (κ1) is 10.2. The van der Waals surface area contributed by atoms with E-state index in [2.05, 4.69) is 4.98 Å². The summed E-state index contributed by atoms with van der Waals surface area (Å²) in [5.74, 6) is 0.778. The fourth-order valence-corrected chi connectivity index (χ4v) is 1.97. The molecule has 4 heteroatoms. The fraction of sp³-hybridized carbons (Fsp3) is 0.273. The van der Waals surface area contributed by atoms with Gasteiger partial charge >= 0.3 is 0 Å². The lowest BCUT2D eigenvalue weighted by molar-refractivity contribution is 1.00. The van der Waals surface area contributed by atoms with Gasteiger partial charge in [-0.3, -0.25) is 9.20 Å². The molecule has 0 atom stereocenters. The van der Waals surface area contributed by atoms with Crippen molar-refractivity contribution in [1.82, 2.24) is 9.38 Å². The Hall–Kier alpha value is -1.29. The van der Waals surface area contributed by atoms with E-state index in [1.807, 2.05) is 25.3 Å². The molecule has 0 radical (unpaired) electrons. The molecule has 78 valence electrons. The van der Waals surface area contributed by atoms with Crippen molar-refractivity contribution in [2.24, 2.45) is 0 Å². The number of aryl methyl sites for hydroxylation is 1. The van der Waals surface area contributed by atoms with Crippen LogP contribution in [0.5, 0.6) is 0 Å². The third-order valence-electron chi connectivity index (χ3n) is 2.23. The number of nitrogens with zero attached hydrogens (tertiary/aromatic N) is 2. The summed E-state index contributed by atoms with van der Waals surface area (Å²) in [6, 6.07) is 5.42. The molecule has 2 heterocycles. The Bertz CT molecular complexity index is 548. The maximum absolute atomic E-state index is 11.7. The van der Waals surface area contributed by atoms with E-state index in [0.29, 0.717) is 0 Å². The highest BCUT2D eigenvalue weighted by Crippen LogP contribution is 2.08. The first-order chi connectivity index (χ1) is 7.22. The van der Waals surface area contributed by atoms with Crippen LogP contribution in [0.4, 0.5) is 0 Å². The van der Waals surface area contributed by atoms with Crippen LogP contribution >= 0.6 is 11.8 Å². The predicted octanol–water partition coefficient (Wildman–Crippen LogP) is 1.87. The quantitative estimate of drug-likeness (QED) is 0.774. The number of aromatic nitrogens is 2. The summed E-state index contributed by atoms with van der Waals surface area (Å²) in [4.78, 5) is 16.2. The SMILES string of the molecule is CSCc1cc(=O)n2cccc(C)c2n1. The molecule has 0 aliphatic carbocycles. The van der Waals surface area contributed by atoms with Crippen molar-refractivity contribution in [1.29, 1.82) is 0 Å². The summed E-state index contributed by atoms with van der Waals surface area (Å²) in [6.45, 7) is 1.96. The van der Waals surface area contributed by atoms with Crippen LogP contribution in [0.1, 0.15) is 11.3 Å². The largest absolute Gasteiger partial charge is 0.269 e. The van der Waals surface area contributed by atoms with Crippen LogP contribution in [-0.2, 0) is 5.75 Å². The second kappa shape index (κ2) is 4.06. The van der Waals surface area contributed by atoms with Crippen molar-refractivity contribution >= 4 is 17.4 Å². The molecule has 2 rings (SSSR count). The molecule has 0 bridgehead atoms. The van der Waals surface area contributed by atoms with E-state index >= 15 is 0 Å². The van der Waals surface area contributed by atoms with E-state index in [9.17, 15) is 4.79 Å². The van der Waals surface area contributed by atoms with E-state index in [1.165, 1.54) is 0 Å². The standard InChI is InChI=1S/C11H12N2OS/c1-8-4-3-5-13-10(14)6-9(7-15-2)12-11(8)13/h3-6H,7H2,1-2H3. The van der Waals surface area contributed by atoms with Gasteiger partial charge in [0.15, 0.2) is 0 Å². The minimum atomic E-state index is -0.00671. The molecule has 15 heavy (non-hydrogen) atoms. The molecule has 0 fully saturated rings. The first-order valence-corrected chi connectivity index (χ1v) is 6.08. The van der Waals surface area contributed by atoms with Gasteiger partial charge in [0, 0.05) is 18.0 Å². The summed E-state index contributed by atoms with van der Waals surface area (Å²) in [7, 11) is 0. The highest BCUT2D eigenvalue weighted by Gasteiger charge is 2.03. The predicted molar refractivity (Wildman–Crippen MR) is 63.4 cm³/mol. The molecular weight excluding hydrogens is 208 g/mol. The molecule has 0 aliphatic heterocycles. The third kappa shape index (κ3) is 1.90. The van der Waals surface area contributed by atoms with E-state index in [0.717, 1.165) is 22.7 Å². The van der Waals surface area contributed by atoms with Gasteiger partial charge in [-0.15, -0.1) is 0 Å². The van der Waals surface area contributed by atoms with E-state index < -0.39 is 0 Å². The lowest BCUT2D eigenvalue weighted by atomic mass is 10.3. The normalized spacial score (nSPS) is 10.8. The van der Waals surface area contributed by atoms with Crippen LogP contribution in [0.2, 0.25) is 0 Å². The van der Waals surface area contributed by atoms with Crippen molar-refractivity contribution in [3.63, 3.8) is 0 Å². The number of hydrogen-bond donors (Lipinski definition) is 0. The third-order valence-corrected chi connectivity index (χ3v) is 2.82. The summed E-state index contributed by atoms with van der Waals surface area (Å²) in [6.07, 6.45) is 3.75. The van der Waals surface area contributed by atoms with Crippen molar-refractivity contribution in [2.75, 3.05) is 6.26 Å². The lowest BCUT2D eigenvalue weighted by Crippen LogP contribution is -2.15. The van der Waals surface area contributed by atoms with Gasteiger partial charge in [0.1, 0.15) is 5.65 Å². The molecule has 0 aromatic carbocycles. The van der Waals surface area contributed by atoms with Crippen molar-refractivity contribution in [3.05, 3.63) is 46.0 Å². The Kier molecular flexibility index (Phi) is 2.77. The maximum Gasteiger partial charge on any atom is 0.258 e. The minimum Gasteiger partial charge on any atom is -0.269 e. The van der Waals surface area contributed by atoms with Crippen molar-refractivity contribution in [2.45, 2.75) is 12.7 Å². The Morgan fingerprint density at radius 1 is 1.53 bits per heavy atom. The van der Waals surface area contributed by atoms with Crippen LogP contribution in [0.3, 0.4) is 0 Å². The van der Waals surface area contributed by atoms with E-state index in [1.54, 1.807) is 28.4 Å². The average Bonchev–Trinajstić information content (AvgIpc) is 2.20. The van der Waals surface area contributed by atoms with E-state index in [4.69, 9.17) is 0 Å². The number of hydrogen-bond acceptors (Lipinski definition) is 3. The molecule has 0 saturated carbocycles. The Labute approximate surface area is 92.2 Å². The molecule has 3 nitrogen and oxygen atoms in total. The molecule has 0 amide bonds. The number of pyridine rings is 1. The molecule has 2 aromatic heterocycles. The monoisotopic (exact) mass is 220 g/mol. The fourth-order valence-electron chi connectivity index (χ4n) is 1.53. The topological polar surface area (TPSA) is 34.4 Å². The molecule has 0 unspecified atom stereocenters. The minimum absolute atomic E-state index is 0.00671. The molecule has 0 aliphatic rings. The molecule has 0 saturated heterocycles. The van der Waals surface area contributed by atoms with Crippen LogP contribution in [0, 0.1) is 6.92 Å². The molecule has 2 aromatic rings. The Balaban J connectivity index is 2.74. The van der Waals surface area contributed by atoms with Gasteiger partial charge in [-0.2, -0.15) is 11.8 Å². The second-order valence-corrected chi connectivity index (χ2v) is 4.27. The number of thioether (sulfide) groups is 1. The Morgan fingerprint density at radius 3 is 3.07 bits per heavy atom. The van der Waals surface area contributed by atoms with Gasteiger partial charge in [0.05, 0.1) is 5.69 Å². The van der Waals surface area contributed by atoms with Crippen LogP contribution < -0.4 is 5.56 Å². The Morgan fingerprint density at radius 2 is 2.33 bits per heavy atom. The second-order valence-electron chi connectivity index (χ2n) is 3.40. The summed E-state index contributed by atoms with van der Waals surface area (Å²) in [5.41, 5.74) is 2.63. The van der Waals surface area contributed by atoms with Crippen LogP contribution in [-0.4, -0.2) is 15.6 Å². The number of fused-ring (bicyclic) bond motifs is 1. The van der Waals surface area contributed by atoms with Gasteiger partial charge in [-0.25, -0.2) is 4.98 Å². The zero-order valence-corrected chi connectivity index (χ0v) is 9.54. The highest BCUT2D eigenvalue weighted by atomic mass is 32.2. The van der Waals surface area contributed by atoms with Crippen LogP contribution in [0.15, 0.2) is 29.2 Å². The zero-order valence-electron chi connectivity index (χ0n) is 8.73. The van der Waals surface area contributed by atoms with Gasteiger partial charge in [-0.05, 0) is 24.8 Å². The lowest BCUT2D eigenvalue weighted by Gasteiger charge is -2.04. The molecule has 0 N–H and O–H groups in total. The zero-order chi connectivity index (χ0) is 10.8. The van der Waals surface area contributed by atoms with Crippen molar-refractivity contribution in [3.8, 4) is 0 Å².